The number of benzene rings is 1. The van der Waals surface area contributed by atoms with Crippen molar-refractivity contribution in [2.45, 2.75) is 11.5 Å². The van der Waals surface area contributed by atoms with Gasteiger partial charge < -0.3 is 4.74 Å². The lowest BCUT2D eigenvalue weighted by Gasteiger charge is -2.05. The van der Waals surface area contributed by atoms with E-state index >= 15 is 0 Å². The first kappa shape index (κ1) is 11.8. The van der Waals surface area contributed by atoms with Crippen LogP contribution in [0.2, 0.25) is 0 Å². The highest BCUT2D eigenvalue weighted by molar-refractivity contribution is 7.86. The van der Waals surface area contributed by atoms with Gasteiger partial charge in [-0.25, -0.2) is 4.39 Å². The molecule has 1 rings (SSSR count). The number of alkyl halides is 2. The summed E-state index contributed by atoms with van der Waals surface area (Å²) < 4.78 is 72.9. The molecule has 0 aliphatic heterocycles. The minimum Gasteiger partial charge on any atom is -0.432 e. The summed E-state index contributed by atoms with van der Waals surface area (Å²) in [6.45, 7) is -3.32. The Morgan fingerprint density at radius 1 is 1.27 bits per heavy atom. The summed E-state index contributed by atoms with van der Waals surface area (Å²) in [6, 6.07) is 1.46. The monoisotopic (exact) mass is 244 g/mol. The minimum atomic E-state index is -5.07. The van der Waals surface area contributed by atoms with Gasteiger partial charge in [-0.1, -0.05) is 0 Å². The first-order chi connectivity index (χ1) is 6.80. The highest BCUT2D eigenvalue weighted by atomic mass is 32.3. The van der Waals surface area contributed by atoms with Crippen molar-refractivity contribution in [3.8, 4) is 5.75 Å². The molecular weight excluding hydrogens is 240 g/mol. The van der Waals surface area contributed by atoms with Gasteiger partial charge >= 0.3 is 16.8 Å². The summed E-state index contributed by atoms with van der Waals surface area (Å²) in [5.74, 6) is -2.23. The molecule has 1 aromatic carbocycles. The van der Waals surface area contributed by atoms with Gasteiger partial charge in [0.15, 0.2) is 11.6 Å². The molecule has 0 heterocycles. The first-order valence-corrected chi connectivity index (χ1v) is 4.88. The number of rotatable bonds is 3. The third kappa shape index (κ3) is 3.08. The molecule has 0 aromatic heterocycles. The van der Waals surface area contributed by atoms with Crippen molar-refractivity contribution in [3.05, 3.63) is 24.0 Å². The number of hydrogen-bond donors (Lipinski definition) is 0. The predicted octanol–water partition coefficient (Wildman–Crippen LogP) is 2.09. The van der Waals surface area contributed by atoms with Crippen LogP contribution >= 0.6 is 0 Å². The van der Waals surface area contributed by atoms with Gasteiger partial charge in [0.2, 0.25) is 0 Å². The van der Waals surface area contributed by atoms with Crippen LogP contribution in [0.1, 0.15) is 0 Å². The SMILES string of the molecule is O=S(=O)(F)c1ccc(F)c(OC(F)F)c1. The Labute approximate surface area is 82.5 Å². The fraction of sp³-hybridized carbons (Fsp3) is 0.143. The number of halogens is 4. The molecule has 0 N–H and O–H groups in total. The Hall–Kier alpha value is -1.31. The first-order valence-electron chi connectivity index (χ1n) is 3.50. The van der Waals surface area contributed by atoms with Crippen molar-refractivity contribution < 1.29 is 30.2 Å². The molecule has 0 unspecified atom stereocenters. The summed E-state index contributed by atoms with van der Waals surface area (Å²) in [5.41, 5.74) is 0. The second-order valence-electron chi connectivity index (χ2n) is 2.41. The minimum absolute atomic E-state index is 0.344. The van der Waals surface area contributed by atoms with Crippen LogP contribution in [-0.4, -0.2) is 15.0 Å². The van der Waals surface area contributed by atoms with E-state index in [1.165, 1.54) is 0 Å². The van der Waals surface area contributed by atoms with Crippen LogP contribution in [0.25, 0.3) is 0 Å². The Balaban J connectivity index is 3.17. The van der Waals surface area contributed by atoms with Crippen LogP contribution in [0.4, 0.5) is 17.1 Å². The van der Waals surface area contributed by atoms with Crippen molar-refractivity contribution >= 4 is 10.2 Å². The molecule has 0 saturated heterocycles. The van der Waals surface area contributed by atoms with Crippen molar-refractivity contribution in [2.24, 2.45) is 0 Å². The van der Waals surface area contributed by atoms with Crippen molar-refractivity contribution in [3.63, 3.8) is 0 Å². The maximum Gasteiger partial charge on any atom is 0.387 e. The zero-order valence-corrected chi connectivity index (χ0v) is 7.77. The molecule has 0 amide bonds. The molecular formula is C7H4F4O3S. The maximum atomic E-state index is 12.7. The molecule has 1 aromatic rings. The molecule has 15 heavy (non-hydrogen) atoms. The molecule has 0 saturated carbocycles. The van der Waals surface area contributed by atoms with Crippen LogP contribution in [0.3, 0.4) is 0 Å². The Morgan fingerprint density at radius 2 is 1.87 bits per heavy atom. The summed E-state index contributed by atoms with van der Waals surface area (Å²) in [4.78, 5) is -0.945. The van der Waals surface area contributed by atoms with Crippen LogP contribution in [0.15, 0.2) is 23.1 Å². The number of hydrogen-bond acceptors (Lipinski definition) is 3. The second-order valence-corrected chi connectivity index (χ2v) is 3.76. The van der Waals surface area contributed by atoms with Gasteiger partial charge in [0.25, 0.3) is 0 Å². The molecule has 0 fully saturated rings. The zero-order valence-electron chi connectivity index (χ0n) is 6.95. The fourth-order valence-corrected chi connectivity index (χ4v) is 1.30. The Kier molecular flexibility index (Phi) is 3.18. The molecule has 0 spiro atoms. The Bertz CT molecular complexity index is 457. The van der Waals surface area contributed by atoms with Crippen molar-refractivity contribution in [2.75, 3.05) is 0 Å². The molecule has 84 valence electrons. The molecule has 0 atom stereocenters. The zero-order chi connectivity index (χ0) is 11.6. The average molecular weight is 244 g/mol. The summed E-state index contributed by atoms with van der Waals surface area (Å²) in [5, 5.41) is 0. The third-order valence-electron chi connectivity index (χ3n) is 1.40. The largest absolute Gasteiger partial charge is 0.432 e. The van der Waals surface area contributed by atoms with Gasteiger partial charge in [-0.3, -0.25) is 0 Å². The molecule has 0 bridgehead atoms. The standard InChI is InChI=1S/C7H4F4O3S/c8-5-2-1-4(15(11,12)13)3-6(5)14-7(9)10/h1-3,7H. The quantitative estimate of drug-likeness (QED) is 0.604. The van der Waals surface area contributed by atoms with E-state index in [4.69, 9.17) is 0 Å². The average Bonchev–Trinajstić information content (AvgIpc) is 2.06. The van der Waals surface area contributed by atoms with Crippen molar-refractivity contribution in [1.82, 2.24) is 0 Å². The van der Waals surface area contributed by atoms with E-state index < -0.39 is 33.3 Å². The van der Waals surface area contributed by atoms with Crippen molar-refractivity contribution in [1.29, 1.82) is 0 Å². The van der Waals surface area contributed by atoms with Gasteiger partial charge in [0, 0.05) is 6.07 Å². The lowest BCUT2D eigenvalue weighted by Crippen LogP contribution is -2.04. The maximum absolute atomic E-state index is 12.7. The van der Waals surface area contributed by atoms with Gasteiger partial charge in [-0.15, -0.1) is 3.89 Å². The van der Waals surface area contributed by atoms with E-state index in [0.29, 0.717) is 18.2 Å². The fourth-order valence-electron chi connectivity index (χ4n) is 0.822. The van der Waals surface area contributed by atoms with E-state index in [1.807, 2.05) is 0 Å². The van der Waals surface area contributed by atoms with E-state index in [1.54, 1.807) is 0 Å². The van der Waals surface area contributed by atoms with Gasteiger partial charge in [-0.2, -0.15) is 17.2 Å². The third-order valence-corrected chi connectivity index (χ3v) is 2.22. The molecule has 0 aliphatic carbocycles. The smallest absolute Gasteiger partial charge is 0.387 e. The lowest BCUT2D eigenvalue weighted by atomic mass is 10.3. The van der Waals surface area contributed by atoms with E-state index in [2.05, 4.69) is 4.74 Å². The highest BCUT2D eigenvalue weighted by Gasteiger charge is 2.17. The van der Waals surface area contributed by atoms with Crippen LogP contribution in [-0.2, 0) is 10.2 Å². The second kappa shape index (κ2) is 4.05. The molecule has 3 nitrogen and oxygen atoms in total. The molecule has 8 heteroatoms. The van der Waals surface area contributed by atoms with Crippen LogP contribution in [0, 0.1) is 5.82 Å². The topological polar surface area (TPSA) is 43.4 Å². The number of ether oxygens (including phenoxy) is 1. The Morgan fingerprint density at radius 3 is 2.33 bits per heavy atom. The lowest BCUT2D eigenvalue weighted by molar-refractivity contribution is -0.0523. The normalized spacial score (nSPS) is 11.8. The molecule has 0 aliphatic rings. The van der Waals surface area contributed by atoms with Crippen LogP contribution in [0.5, 0.6) is 5.75 Å². The predicted molar refractivity (Wildman–Crippen MR) is 41.3 cm³/mol. The van der Waals surface area contributed by atoms with E-state index in [9.17, 15) is 25.5 Å². The van der Waals surface area contributed by atoms with E-state index in [-0.39, 0.29) is 0 Å². The van der Waals surface area contributed by atoms with Gasteiger partial charge in [0.1, 0.15) is 4.90 Å². The summed E-state index contributed by atoms with van der Waals surface area (Å²) in [7, 11) is -5.07. The highest BCUT2D eigenvalue weighted by Crippen LogP contribution is 2.24. The van der Waals surface area contributed by atoms with E-state index in [0.717, 1.165) is 0 Å². The van der Waals surface area contributed by atoms with Gasteiger partial charge in [0.05, 0.1) is 0 Å². The summed E-state index contributed by atoms with van der Waals surface area (Å²) in [6.07, 6.45) is 0. The summed E-state index contributed by atoms with van der Waals surface area (Å²) >= 11 is 0. The molecule has 0 radical (unpaired) electrons. The van der Waals surface area contributed by atoms with Gasteiger partial charge in [-0.05, 0) is 12.1 Å². The van der Waals surface area contributed by atoms with Crippen LogP contribution < -0.4 is 4.74 Å².